The fraction of sp³-hybridized carbons (Fsp3) is 0.455. The number of halogens is 3. The van der Waals surface area contributed by atoms with Crippen molar-refractivity contribution in [2.24, 2.45) is 10.8 Å². The van der Waals surface area contributed by atoms with Gasteiger partial charge in [0.2, 0.25) is 5.91 Å². The number of hydrogen-bond acceptors (Lipinski definition) is 4. The highest BCUT2D eigenvalue weighted by atomic mass is 19.4. The van der Waals surface area contributed by atoms with Gasteiger partial charge >= 0.3 is 6.18 Å². The van der Waals surface area contributed by atoms with Gasteiger partial charge in [-0.15, -0.1) is 5.10 Å². The molecule has 1 aliphatic heterocycles. The first-order valence-electron chi connectivity index (χ1n) is 9.81. The molecule has 2 heterocycles. The van der Waals surface area contributed by atoms with Gasteiger partial charge in [-0.1, -0.05) is 27.7 Å². The van der Waals surface area contributed by atoms with Crippen LogP contribution in [0.2, 0.25) is 0 Å². The van der Waals surface area contributed by atoms with Crippen molar-refractivity contribution in [1.82, 2.24) is 19.7 Å². The van der Waals surface area contributed by atoms with E-state index in [1.54, 1.807) is 17.9 Å². The van der Waals surface area contributed by atoms with E-state index in [0.29, 0.717) is 12.1 Å². The molecule has 1 saturated heterocycles. The maximum absolute atomic E-state index is 13.0. The second-order valence-electron chi connectivity index (χ2n) is 9.09. The van der Waals surface area contributed by atoms with Crippen LogP contribution in [-0.4, -0.2) is 44.4 Å². The van der Waals surface area contributed by atoms with Crippen molar-refractivity contribution in [3.63, 3.8) is 0 Å². The quantitative estimate of drug-likeness (QED) is 0.662. The van der Waals surface area contributed by atoms with E-state index in [4.69, 9.17) is 0 Å². The summed E-state index contributed by atoms with van der Waals surface area (Å²) in [4.78, 5) is 30.5. The van der Waals surface area contributed by atoms with Crippen molar-refractivity contribution in [2.45, 2.75) is 40.8 Å². The van der Waals surface area contributed by atoms with Gasteiger partial charge in [0.1, 0.15) is 6.33 Å². The van der Waals surface area contributed by atoms with Gasteiger partial charge in [-0.05, 0) is 36.1 Å². The summed E-state index contributed by atoms with van der Waals surface area (Å²) in [5.41, 5.74) is -0.907. The summed E-state index contributed by atoms with van der Waals surface area (Å²) in [6.07, 6.45) is -0.509. The van der Waals surface area contributed by atoms with E-state index in [0.717, 1.165) is 12.1 Å². The third-order valence-electron chi connectivity index (χ3n) is 6.03. The molecule has 1 amide bonds. The van der Waals surface area contributed by atoms with Crippen molar-refractivity contribution in [3.05, 3.63) is 41.7 Å². The minimum atomic E-state index is -4.47. The molecule has 1 aliphatic rings. The molecule has 0 unspecified atom stereocenters. The monoisotopic (exact) mass is 434 g/mol. The summed E-state index contributed by atoms with van der Waals surface area (Å²) >= 11 is 0. The molecule has 1 aromatic carbocycles. The Bertz CT molecular complexity index is 1050. The average molecular weight is 434 g/mol. The summed E-state index contributed by atoms with van der Waals surface area (Å²) in [5, 5.41) is 4.13. The topological polar surface area (TPSA) is 68.1 Å². The predicted octanol–water partition coefficient (Wildman–Crippen LogP) is 4.21. The minimum absolute atomic E-state index is 0.0451. The Kier molecular flexibility index (Phi) is 5.58. The number of likely N-dealkylation sites (tertiary alicyclic amines) is 1. The number of hydrogen-bond donors (Lipinski definition) is 0. The highest BCUT2D eigenvalue weighted by Gasteiger charge is 2.52. The smallest absolute Gasteiger partial charge is 0.334 e. The molecule has 0 radical (unpaired) electrons. The third-order valence-corrected chi connectivity index (χ3v) is 6.03. The van der Waals surface area contributed by atoms with Crippen molar-refractivity contribution in [1.29, 1.82) is 0 Å². The fourth-order valence-corrected chi connectivity index (χ4v) is 3.51. The Morgan fingerprint density at radius 1 is 1.19 bits per heavy atom. The van der Waals surface area contributed by atoms with Gasteiger partial charge in [-0.3, -0.25) is 9.59 Å². The normalized spacial score (nSPS) is 18.2. The molecule has 0 aliphatic carbocycles. The van der Waals surface area contributed by atoms with E-state index in [1.807, 2.05) is 27.7 Å². The second-order valence-corrected chi connectivity index (χ2v) is 9.09. The number of amides is 1. The summed E-state index contributed by atoms with van der Waals surface area (Å²) in [6, 6.07) is 3.61. The molecule has 0 bridgehead atoms. The summed E-state index contributed by atoms with van der Waals surface area (Å²) in [6.45, 7) is 9.76. The van der Waals surface area contributed by atoms with E-state index < -0.39 is 17.2 Å². The molecule has 166 valence electrons. The van der Waals surface area contributed by atoms with Gasteiger partial charge in [0.05, 0.1) is 17.5 Å². The number of aromatic nitrogens is 3. The van der Waals surface area contributed by atoms with E-state index in [2.05, 4.69) is 10.1 Å². The molecule has 0 spiro atoms. The molecule has 9 heteroatoms. The molecule has 0 saturated carbocycles. The van der Waals surface area contributed by atoms with Crippen molar-refractivity contribution < 1.29 is 22.8 Å². The first-order chi connectivity index (χ1) is 14.2. The molecule has 1 aromatic heterocycles. The Morgan fingerprint density at radius 3 is 2.45 bits per heavy atom. The van der Waals surface area contributed by atoms with Crippen LogP contribution >= 0.6 is 0 Å². The van der Waals surface area contributed by atoms with Crippen molar-refractivity contribution >= 4 is 17.9 Å². The largest absolute Gasteiger partial charge is 0.416 e. The lowest BCUT2D eigenvalue weighted by Crippen LogP contribution is -2.35. The number of benzene rings is 1. The van der Waals surface area contributed by atoms with Gasteiger partial charge in [0.25, 0.3) is 0 Å². The number of rotatable bonds is 5. The van der Waals surface area contributed by atoms with Crippen LogP contribution < -0.4 is 0 Å². The molecule has 0 atom stereocenters. The summed E-state index contributed by atoms with van der Waals surface area (Å²) < 4.78 is 40.4. The fourth-order valence-electron chi connectivity index (χ4n) is 3.51. The SMILES string of the molecule is Cc1cc(-c2ncn(/C=C\C(=O)CN3CC(C)(C)C(C)(C)C3=O)n2)cc(C(F)(F)F)c1. The van der Waals surface area contributed by atoms with Crippen LogP contribution in [0.5, 0.6) is 0 Å². The Morgan fingerprint density at radius 2 is 1.87 bits per heavy atom. The minimum Gasteiger partial charge on any atom is -0.334 e. The maximum Gasteiger partial charge on any atom is 0.416 e. The van der Waals surface area contributed by atoms with Crippen LogP contribution in [0.3, 0.4) is 0 Å². The van der Waals surface area contributed by atoms with Crippen LogP contribution in [0, 0.1) is 17.8 Å². The molecular formula is C22H25F3N4O2. The highest BCUT2D eigenvalue weighted by Crippen LogP contribution is 2.46. The Balaban J connectivity index is 1.71. The number of nitrogens with zero attached hydrogens (tertiary/aromatic N) is 4. The van der Waals surface area contributed by atoms with Crippen LogP contribution in [0.1, 0.15) is 38.8 Å². The van der Waals surface area contributed by atoms with Crippen LogP contribution in [-0.2, 0) is 15.8 Å². The number of carbonyl (C=O) groups excluding carboxylic acids is 2. The molecule has 1 fully saturated rings. The van der Waals surface area contributed by atoms with E-state index in [1.165, 1.54) is 23.3 Å². The van der Waals surface area contributed by atoms with Gasteiger partial charge in [-0.2, -0.15) is 13.2 Å². The van der Waals surface area contributed by atoms with Crippen molar-refractivity contribution in [2.75, 3.05) is 13.1 Å². The highest BCUT2D eigenvalue weighted by molar-refractivity contribution is 5.97. The van der Waals surface area contributed by atoms with Crippen LogP contribution in [0.15, 0.2) is 30.6 Å². The lowest BCUT2D eigenvalue weighted by atomic mass is 9.70. The second kappa shape index (κ2) is 7.62. The Hall–Kier alpha value is -2.97. The first kappa shape index (κ1) is 22.7. The number of ketones is 1. The lowest BCUT2D eigenvalue weighted by molar-refractivity contribution is -0.138. The van der Waals surface area contributed by atoms with Gasteiger partial charge in [-0.25, -0.2) is 9.67 Å². The zero-order valence-corrected chi connectivity index (χ0v) is 18.1. The zero-order chi connectivity index (χ0) is 23.2. The van der Waals surface area contributed by atoms with Gasteiger partial charge < -0.3 is 4.90 Å². The average Bonchev–Trinajstić information content (AvgIpc) is 3.17. The number of aryl methyl sites for hydroxylation is 1. The number of alkyl halides is 3. The molecule has 31 heavy (non-hydrogen) atoms. The summed E-state index contributed by atoms with van der Waals surface area (Å²) in [5.74, 6) is -0.236. The predicted molar refractivity (Wildman–Crippen MR) is 110 cm³/mol. The zero-order valence-electron chi connectivity index (χ0n) is 18.1. The number of carbonyl (C=O) groups is 2. The van der Waals surface area contributed by atoms with Crippen molar-refractivity contribution in [3.8, 4) is 11.4 Å². The first-order valence-corrected chi connectivity index (χ1v) is 9.81. The van der Waals surface area contributed by atoms with Gasteiger partial charge in [0, 0.05) is 24.4 Å². The Labute approximate surface area is 178 Å². The van der Waals surface area contributed by atoms with Gasteiger partial charge in [0.15, 0.2) is 11.6 Å². The van der Waals surface area contributed by atoms with E-state index in [-0.39, 0.29) is 35.0 Å². The molecule has 3 rings (SSSR count). The van der Waals surface area contributed by atoms with E-state index in [9.17, 15) is 22.8 Å². The molecular weight excluding hydrogens is 409 g/mol. The van der Waals surface area contributed by atoms with Crippen LogP contribution in [0.25, 0.3) is 17.6 Å². The lowest BCUT2D eigenvalue weighted by Gasteiger charge is -2.30. The standard InChI is InChI=1S/C22H25F3N4O2/c1-14-8-15(10-16(9-14)22(23,24)25)18-26-13-29(27-18)7-6-17(30)11-28-12-20(2,3)21(4,5)19(28)31/h6-10,13H,11-12H2,1-5H3/b7-6-. The molecule has 6 nitrogen and oxygen atoms in total. The van der Waals surface area contributed by atoms with Crippen LogP contribution in [0.4, 0.5) is 13.2 Å². The molecule has 2 aromatic rings. The maximum atomic E-state index is 13.0. The third kappa shape index (κ3) is 4.55. The summed E-state index contributed by atoms with van der Waals surface area (Å²) in [7, 11) is 0. The van der Waals surface area contributed by atoms with E-state index >= 15 is 0 Å². The molecule has 0 N–H and O–H groups in total.